The minimum atomic E-state index is -0.195. The lowest BCUT2D eigenvalue weighted by atomic mass is 10.1. The Morgan fingerprint density at radius 1 is 1.41 bits per heavy atom. The predicted molar refractivity (Wildman–Crippen MR) is 74.2 cm³/mol. The van der Waals surface area contributed by atoms with Gasteiger partial charge in [-0.2, -0.15) is 5.10 Å². The van der Waals surface area contributed by atoms with E-state index in [1.165, 1.54) is 0 Å². The molecule has 0 saturated carbocycles. The largest absolute Gasteiger partial charge is 0.272 e. The molecule has 0 unspecified atom stereocenters. The minimum Gasteiger partial charge on any atom is -0.267 e. The summed E-state index contributed by atoms with van der Waals surface area (Å²) in [4.78, 5) is 11.8. The zero-order chi connectivity index (χ0) is 12.7. The van der Waals surface area contributed by atoms with E-state index >= 15 is 0 Å². The van der Waals surface area contributed by atoms with Gasteiger partial charge in [-0.25, -0.2) is 5.43 Å². The van der Waals surface area contributed by atoms with Gasteiger partial charge in [0.05, 0.1) is 5.56 Å². The zero-order valence-corrected chi connectivity index (χ0v) is 11.7. The molecule has 1 aromatic carbocycles. The Bertz CT molecular complexity index is 400. The molecular weight excluding hydrogens is 280 g/mol. The molecule has 1 aromatic rings. The second-order valence-electron chi connectivity index (χ2n) is 3.78. The van der Waals surface area contributed by atoms with Gasteiger partial charge in [0.1, 0.15) is 0 Å². The summed E-state index contributed by atoms with van der Waals surface area (Å²) in [6.45, 7) is 4.21. The highest BCUT2D eigenvalue weighted by atomic mass is 79.9. The SMILES string of the molecule is CCC(/C=N\NC(=O)c1ccccc1Br)CC. The van der Waals surface area contributed by atoms with Crippen LogP contribution in [0.15, 0.2) is 33.8 Å². The number of nitrogens with one attached hydrogen (secondary N) is 1. The first kappa shape index (κ1) is 13.9. The first-order chi connectivity index (χ1) is 8.19. The van der Waals surface area contributed by atoms with Crippen LogP contribution < -0.4 is 5.43 Å². The van der Waals surface area contributed by atoms with E-state index in [4.69, 9.17) is 0 Å². The molecule has 1 N–H and O–H groups in total. The molecule has 0 aliphatic heterocycles. The van der Waals surface area contributed by atoms with Gasteiger partial charge >= 0.3 is 0 Å². The van der Waals surface area contributed by atoms with Crippen LogP contribution in [0, 0.1) is 5.92 Å². The molecule has 1 rings (SSSR count). The van der Waals surface area contributed by atoms with Crippen LogP contribution in [-0.2, 0) is 0 Å². The summed E-state index contributed by atoms with van der Waals surface area (Å²) in [6, 6.07) is 7.28. The van der Waals surface area contributed by atoms with Gasteiger partial charge in [0.2, 0.25) is 0 Å². The first-order valence-electron chi connectivity index (χ1n) is 5.77. The topological polar surface area (TPSA) is 41.5 Å². The van der Waals surface area contributed by atoms with Gasteiger partial charge in [-0.05, 0) is 46.8 Å². The zero-order valence-electron chi connectivity index (χ0n) is 10.1. The third-order valence-electron chi connectivity index (χ3n) is 2.62. The minimum absolute atomic E-state index is 0.195. The third kappa shape index (κ3) is 4.30. The molecule has 92 valence electrons. The number of hydrogen-bond donors (Lipinski definition) is 1. The number of halogens is 1. The molecule has 0 fully saturated rings. The number of hydrazone groups is 1. The lowest BCUT2D eigenvalue weighted by Gasteiger charge is -2.05. The summed E-state index contributed by atoms with van der Waals surface area (Å²) in [5.41, 5.74) is 3.13. The Morgan fingerprint density at radius 2 is 2.06 bits per heavy atom. The highest BCUT2D eigenvalue weighted by Gasteiger charge is 2.07. The standard InChI is InChI=1S/C13H17BrN2O/c1-3-10(4-2)9-15-16-13(17)11-7-5-6-8-12(11)14/h5-10H,3-4H2,1-2H3,(H,16,17)/b15-9-. The number of rotatable bonds is 5. The number of carbonyl (C=O) groups is 1. The molecular formula is C13H17BrN2O. The van der Waals surface area contributed by atoms with Gasteiger partial charge in [0.15, 0.2) is 0 Å². The van der Waals surface area contributed by atoms with Crippen LogP contribution in [0.25, 0.3) is 0 Å². The third-order valence-corrected chi connectivity index (χ3v) is 3.31. The van der Waals surface area contributed by atoms with Gasteiger partial charge in [-0.1, -0.05) is 26.0 Å². The summed E-state index contributed by atoms with van der Waals surface area (Å²) in [6.07, 6.45) is 3.87. The molecule has 0 atom stereocenters. The number of nitrogens with zero attached hydrogens (tertiary/aromatic N) is 1. The molecule has 0 aromatic heterocycles. The lowest BCUT2D eigenvalue weighted by Crippen LogP contribution is -2.18. The van der Waals surface area contributed by atoms with Crippen molar-refractivity contribution in [1.82, 2.24) is 5.43 Å². The molecule has 0 spiro atoms. The number of amides is 1. The monoisotopic (exact) mass is 296 g/mol. The van der Waals surface area contributed by atoms with E-state index in [1.807, 2.05) is 18.2 Å². The van der Waals surface area contributed by atoms with Crippen LogP contribution in [0.3, 0.4) is 0 Å². The second kappa shape index (κ2) is 7.22. The van der Waals surface area contributed by atoms with Gasteiger partial charge in [0, 0.05) is 10.7 Å². The van der Waals surface area contributed by atoms with Crippen molar-refractivity contribution >= 4 is 28.1 Å². The molecule has 0 saturated heterocycles. The van der Waals surface area contributed by atoms with Gasteiger partial charge in [-0.15, -0.1) is 0 Å². The van der Waals surface area contributed by atoms with Crippen LogP contribution in [0.1, 0.15) is 37.0 Å². The Morgan fingerprint density at radius 3 is 2.65 bits per heavy atom. The van der Waals surface area contributed by atoms with Crippen molar-refractivity contribution in [2.24, 2.45) is 11.0 Å². The Labute approximate surface area is 110 Å². The Kier molecular flexibility index (Phi) is 5.91. The van der Waals surface area contributed by atoms with Crippen LogP contribution in [-0.4, -0.2) is 12.1 Å². The number of benzene rings is 1. The van der Waals surface area contributed by atoms with E-state index in [0.29, 0.717) is 11.5 Å². The van der Waals surface area contributed by atoms with Crippen molar-refractivity contribution in [2.75, 3.05) is 0 Å². The van der Waals surface area contributed by atoms with E-state index in [9.17, 15) is 4.79 Å². The molecule has 4 heteroatoms. The second-order valence-corrected chi connectivity index (χ2v) is 4.63. The molecule has 0 radical (unpaired) electrons. The summed E-state index contributed by atoms with van der Waals surface area (Å²) < 4.78 is 0.773. The van der Waals surface area contributed by atoms with Crippen LogP contribution in [0.5, 0.6) is 0 Å². The van der Waals surface area contributed by atoms with E-state index in [2.05, 4.69) is 40.3 Å². The fourth-order valence-electron chi connectivity index (χ4n) is 1.41. The van der Waals surface area contributed by atoms with E-state index in [1.54, 1.807) is 12.3 Å². The molecule has 17 heavy (non-hydrogen) atoms. The highest BCUT2D eigenvalue weighted by Crippen LogP contribution is 2.15. The van der Waals surface area contributed by atoms with Crippen LogP contribution >= 0.6 is 15.9 Å². The molecule has 0 bridgehead atoms. The maximum absolute atomic E-state index is 11.8. The predicted octanol–water partition coefficient (Wildman–Crippen LogP) is 3.60. The summed E-state index contributed by atoms with van der Waals surface area (Å²) in [5.74, 6) is 0.231. The van der Waals surface area contributed by atoms with Crippen molar-refractivity contribution in [3.63, 3.8) is 0 Å². The quantitative estimate of drug-likeness (QED) is 0.655. The fourth-order valence-corrected chi connectivity index (χ4v) is 1.87. The van der Waals surface area contributed by atoms with E-state index in [0.717, 1.165) is 17.3 Å². The van der Waals surface area contributed by atoms with Crippen LogP contribution in [0.2, 0.25) is 0 Å². The normalized spacial score (nSPS) is 11.1. The number of carbonyl (C=O) groups excluding carboxylic acids is 1. The highest BCUT2D eigenvalue weighted by molar-refractivity contribution is 9.10. The van der Waals surface area contributed by atoms with Gasteiger partial charge in [0.25, 0.3) is 5.91 Å². The molecule has 0 heterocycles. The summed E-state index contributed by atoms with van der Waals surface area (Å²) in [7, 11) is 0. The average Bonchev–Trinajstić information content (AvgIpc) is 2.35. The van der Waals surface area contributed by atoms with Crippen molar-refractivity contribution in [3.05, 3.63) is 34.3 Å². The molecule has 3 nitrogen and oxygen atoms in total. The Hall–Kier alpha value is -1.16. The molecule has 0 aliphatic rings. The van der Waals surface area contributed by atoms with Crippen molar-refractivity contribution in [1.29, 1.82) is 0 Å². The van der Waals surface area contributed by atoms with E-state index in [-0.39, 0.29) is 5.91 Å². The average molecular weight is 297 g/mol. The fraction of sp³-hybridized carbons (Fsp3) is 0.385. The lowest BCUT2D eigenvalue weighted by molar-refractivity contribution is 0.0954. The van der Waals surface area contributed by atoms with Crippen molar-refractivity contribution < 1.29 is 4.79 Å². The first-order valence-corrected chi connectivity index (χ1v) is 6.56. The van der Waals surface area contributed by atoms with Crippen molar-refractivity contribution in [3.8, 4) is 0 Å². The van der Waals surface area contributed by atoms with Crippen LogP contribution in [0.4, 0.5) is 0 Å². The van der Waals surface area contributed by atoms with Crippen molar-refractivity contribution in [2.45, 2.75) is 26.7 Å². The van der Waals surface area contributed by atoms with Gasteiger partial charge < -0.3 is 0 Å². The van der Waals surface area contributed by atoms with E-state index < -0.39 is 0 Å². The maximum atomic E-state index is 11.8. The van der Waals surface area contributed by atoms with Gasteiger partial charge in [-0.3, -0.25) is 4.79 Å². The Balaban J connectivity index is 2.59. The maximum Gasteiger partial charge on any atom is 0.272 e. The smallest absolute Gasteiger partial charge is 0.267 e. The molecule has 1 amide bonds. The molecule has 0 aliphatic carbocycles. The number of hydrogen-bond acceptors (Lipinski definition) is 2. The summed E-state index contributed by atoms with van der Waals surface area (Å²) >= 11 is 3.33. The summed E-state index contributed by atoms with van der Waals surface area (Å²) in [5, 5.41) is 3.99.